The highest BCUT2D eigenvalue weighted by Crippen LogP contribution is 2.69. The molecule has 2 aliphatic carbocycles. The first-order valence-corrected chi connectivity index (χ1v) is 45.9. The van der Waals surface area contributed by atoms with Crippen LogP contribution in [0.1, 0.15) is 79.3 Å². The van der Waals surface area contributed by atoms with Crippen LogP contribution in [-0.2, 0) is 114 Å². The number of nitriles is 2. The molecule has 3 atom stereocenters. The second-order valence-electron chi connectivity index (χ2n) is 18.3. The largest absolute Gasteiger partial charge is 0.400 e. The fourth-order valence-corrected chi connectivity index (χ4v) is 43.3. The van der Waals surface area contributed by atoms with E-state index in [9.17, 15) is 9.90 Å². The number of ether oxygens (including phenoxy) is 1. The third-order valence-corrected chi connectivity index (χ3v) is 46.7. The maximum Gasteiger partial charge on any atom is 0.164 e. The minimum absolute atomic E-state index is 0.0312. The van der Waals surface area contributed by atoms with Gasteiger partial charge in [0, 0.05) is 128 Å². The number of anilines is 4. The Labute approximate surface area is 571 Å². The predicted octanol–water partition coefficient (Wildman–Crippen LogP) is 10.2. The number of hydrazine groups is 4. The number of Topliss-reactive ketones (excluding diaryl/α,β-unsaturated/α-hetero) is 1. The summed E-state index contributed by atoms with van der Waals surface area (Å²) < 4.78 is 5.04. The van der Waals surface area contributed by atoms with E-state index in [1.807, 2.05) is 153 Å². The van der Waals surface area contributed by atoms with Gasteiger partial charge in [-0.15, -0.1) is 11.3 Å². The molecule has 1 aromatic heterocycles. The summed E-state index contributed by atoms with van der Waals surface area (Å²) in [6.45, 7) is 3.29. The third kappa shape index (κ3) is 35.5. The molecule has 0 amide bonds. The highest BCUT2D eigenvalue weighted by atomic mass is 33.4. The smallest absolute Gasteiger partial charge is 0.164 e. The van der Waals surface area contributed by atoms with Crippen molar-refractivity contribution < 1.29 is 30.0 Å². The Morgan fingerprint density at radius 2 is 1.16 bits per heavy atom. The number of epoxide rings is 1. The molecular formula is C54H80N12O6P4S12. The van der Waals surface area contributed by atoms with Crippen molar-refractivity contribution in [3.63, 3.8) is 0 Å². The Morgan fingerprint density at radius 1 is 0.727 bits per heavy atom. The van der Waals surface area contributed by atoms with Gasteiger partial charge in [0.1, 0.15) is 16.1 Å². The van der Waals surface area contributed by atoms with E-state index in [-0.39, 0.29) is 25.3 Å². The summed E-state index contributed by atoms with van der Waals surface area (Å²) in [7, 11) is 35.2. The standard InChI is InChI=1S/C16H21N3OS.C10H15N3S.C10H13N3.C7H7N3.C6H8O2.C3H8O.2CH4O.P4S10/c1-18(2)19(3)12-9-7-11(8-10-12)16-17-13-5-4-6-14(20)15(13)21-16;1-12(2)13(3)9-6-4-8(5-7-9)10(11)14;1-12(2)13(3)10-6-4-9(8-11)5-7-10;8-5-6-1-3-7(10-9)4-2-6;7-4-2-1-3-5-6(4)8-5;1-3(2)4;2*1-2;5-1-4(2-6)3-8-10-12-14-13-11-9-7/h7-10,14,20H,4-6H2,1-3H3;4-7H,1-3H3,(H2,11,14);4-7H,1-3H3;1-4,10H,9H2;5-6H,1-3H2;3-4H,1-2H3;2*2H,1H3;. The van der Waals surface area contributed by atoms with Gasteiger partial charge in [-0.25, -0.2) is 20.0 Å². The molecule has 2 fully saturated rings. The number of aryl methyl sites for hydroxylation is 1. The Kier molecular flexibility index (Phi) is 49.4. The number of nitrogens with one attached hydrogen (secondary N) is 1. The molecule has 88 heavy (non-hydrogen) atoms. The predicted molar refractivity (Wildman–Crippen MR) is 407 cm³/mol. The number of thiazole rings is 1. The molecule has 2 heterocycles. The van der Waals surface area contributed by atoms with E-state index in [1.165, 1.54) is 15.9 Å². The quantitative estimate of drug-likeness (QED) is 0.0202. The number of aliphatic hydroxyl groups is 4. The molecule has 5 aromatic rings. The van der Waals surface area contributed by atoms with Crippen molar-refractivity contribution in [2.24, 2.45) is 11.6 Å². The van der Waals surface area contributed by atoms with Gasteiger partial charge in [-0.3, -0.25) is 10.6 Å². The third-order valence-electron chi connectivity index (χ3n) is 11.5. The van der Waals surface area contributed by atoms with Crippen molar-refractivity contribution in [2.45, 2.75) is 76.8 Å². The van der Waals surface area contributed by atoms with Crippen LogP contribution in [0.2, 0.25) is 0 Å². The fourth-order valence-electron chi connectivity index (χ4n) is 6.68. The van der Waals surface area contributed by atoms with Crippen molar-refractivity contribution in [3.05, 3.63) is 124 Å². The molecule has 9 N–H and O–H groups in total. The van der Waals surface area contributed by atoms with Crippen LogP contribution in [0.4, 0.5) is 22.7 Å². The summed E-state index contributed by atoms with van der Waals surface area (Å²) in [5.74, 6) is 5.43. The van der Waals surface area contributed by atoms with Crippen LogP contribution in [0.3, 0.4) is 0 Å². The summed E-state index contributed by atoms with van der Waals surface area (Å²) in [5.41, 5.74) is 16.5. The SMILES string of the molecule is CC(C)O.CN(C)N(C)c1ccc(-c2nc3c(s2)C(O)CCC3)cc1.CN(C)N(C)c1ccc(C#N)cc1.CN(C)N(C)c1ccc(C(N)=S)cc1.CO.CO.N#Cc1ccc(NN)cc1.O=C1CCCC2OC12.S=PP(P=S)P=S=S=S=S=S=S=S=S. The second-order valence-corrected chi connectivity index (χ2v) is 45.7. The zero-order valence-electron chi connectivity index (χ0n) is 51.3. The number of carbonyl (C=O) groups excluding carboxylic acids is 1. The molecule has 484 valence electrons. The number of ketones is 1. The van der Waals surface area contributed by atoms with E-state index in [0.717, 1.165) is 116 Å². The molecule has 0 spiro atoms. The number of nitrogen functional groups attached to an aromatic ring is 1. The van der Waals surface area contributed by atoms with Crippen molar-refractivity contribution in [1.82, 2.24) is 20.0 Å². The van der Waals surface area contributed by atoms with Crippen molar-refractivity contribution in [3.8, 4) is 22.7 Å². The Hall–Kier alpha value is -2.58. The molecule has 3 unspecified atom stereocenters. The number of benzene rings is 4. The van der Waals surface area contributed by atoms with Gasteiger partial charge in [-0.1, -0.05) is 35.8 Å². The first-order chi connectivity index (χ1) is 42.0. The van der Waals surface area contributed by atoms with Gasteiger partial charge >= 0.3 is 0 Å². The normalized spacial score (nSPS) is 14.7. The van der Waals surface area contributed by atoms with Gasteiger partial charge in [0.2, 0.25) is 0 Å². The number of fused-ring (bicyclic) bond motifs is 2. The molecule has 1 saturated heterocycles. The minimum Gasteiger partial charge on any atom is -0.400 e. The van der Waals surface area contributed by atoms with Gasteiger partial charge in [0.05, 0.1) is 70.1 Å². The topological polar surface area (TPSA) is 254 Å². The lowest BCUT2D eigenvalue weighted by atomic mass is 10.00. The Morgan fingerprint density at radius 3 is 1.56 bits per heavy atom. The van der Waals surface area contributed by atoms with Crippen molar-refractivity contribution in [2.75, 3.05) is 98.1 Å². The number of hydrogen-bond donors (Lipinski definition) is 7. The molecular weight excluding hydrogens is 1420 g/mol. The number of aromatic nitrogens is 1. The molecule has 8 rings (SSSR count). The number of aliphatic hydroxyl groups excluding tert-OH is 4. The van der Waals surface area contributed by atoms with E-state index in [1.54, 1.807) is 93.9 Å². The summed E-state index contributed by atoms with van der Waals surface area (Å²) in [4.78, 5) is 16.9. The first kappa shape index (κ1) is 85.4. The van der Waals surface area contributed by atoms with Crippen LogP contribution in [0, 0.1) is 22.7 Å². The number of thiocarbonyl (C=S) groups is 1. The second kappa shape index (κ2) is 50.9. The zero-order valence-corrected chi connectivity index (χ0v) is 64.6. The zero-order chi connectivity index (χ0) is 66.7. The lowest BCUT2D eigenvalue weighted by molar-refractivity contribution is -0.120. The average Bonchev–Trinajstić information content (AvgIpc) is 1.90. The van der Waals surface area contributed by atoms with Crippen LogP contribution >= 0.6 is 51.7 Å². The molecule has 0 bridgehead atoms. The number of hydrogen-bond acceptors (Lipinski definition) is 22. The van der Waals surface area contributed by atoms with E-state index < -0.39 is 0 Å². The monoisotopic (exact) mass is 1500 g/mol. The van der Waals surface area contributed by atoms with Crippen molar-refractivity contribution in [1.29, 1.82) is 10.5 Å². The van der Waals surface area contributed by atoms with Crippen LogP contribution in [0.25, 0.3) is 10.6 Å². The molecule has 3 aliphatic rings. The Bertz CT molecular complexity index is 3280. The van der Waals surface area contributed by atoms with Gasteiger partial charge in [-0.2, -0.15) is 10.5 Å². The summed E-state index contributed by atoms with van der Waals surface area (Å²) >= 11 is 21.2. The highest BCUT2D eigenvalue weighted by Gasteiger charge is 2.46. The Balaban J connectivity index is 0.00000103. The minimum atomic E-state index is -0.320. The van der Waals surface area contributed by atoms with E-state index in [2.05, 4.69) is 40.8 Å². The maximum absolute atomic E-state index is 10.7. The number of nitrogens with zero attached hydrogens (tertiary/aromatic N) is 9. The number of carbonyl (C=O) groups is 1. The number of rotatable bonds is 12. The lowest BCUT2D eigenvalue weighted by Gasteiger charge is -2.26. The number of nitrogens with two attached hydrogens (primary N) is 2. The molecule has 34 heteroatoms. The van der Waals surface area contributed by atoms with Gasteiger partial charge in [0.15, 0.2) is 5.78 Å². The molecule has 1 aliphatic heterocycles. The fraction of sp³-hybridized carbons (Fsp3) is 0.426. The first-order valence-electron chi connectivity index (χ1n) is 26.2. The lowest BCUT2D eigenvalue weighted by Crippen LogP contribution is -2.32. The van der Waals surface area contributed by atoms with E-state index in [0.29, 0.717) is 28.0 Å². The summed E-state index contributed by atoms with van der Waals surface area (Å²) in [6.07, 6.45) is 5.66. The summed E-state index contributed by atoms with van der Waals surface area (Å²) in [6, 6.07) is 34.8. The molecule has 0 radical (unpaired) electrons. The van der Waals surface area contributed by atoms with Gasteiger partial charge in [-0.05, 0) is 217 Å². The van der Waals surface area contributed by atoms with Crippen LogP contribution in [0.15, 0.2) is 97.1 Å². The molecule has 18 nitrogen and oxygen atoms in total. The van der Waals surface area contributed by atoms with Crippen LogP contribution in [-0.4, -0.2) is 147 Å². The molecule has 4 aromatic carbocycles. The van der Waals surface area contributed by atoms with Crippen LogP contribution < -0.4 is 32.0 Å². The molecule has 1 saturated carbocycles. The average molecular weight is 1500 g/mol. The van der Waals surface area contributed by atoms with E-state index in [4.69, 9.17) is 94.2 Å². The summed E-state index contributed by atoms with van der Waals surface area (Å²) in [5, 5.41) is 62.2. The van der Waals surface area contributed by atoms with Crippen LogP contribution in [0.5, 0.6) is 0 Å². The maximum atomic E-state index is 10.7. The highest BCUT2D eigenvalue weighted by molar-refractivity contribution is 8.87. The van der Waals surface area contributed by atoms with Crippen molar-refractivity contribution >= 4 is 183 Å². The van der Waals surface area contributed by atoms with E-state index >= 15 is 0 Å². The van der Waals surface area contributed by atoms with Gasteiger partial charge < -0.3 is 51.3 Å². The van der Waals surface area contributed by atoms with Gasteiger partial charge in [0.25, 0.3) is 0 Å².